The monoisotopic (exact) mass is 994 g/mol. The number of benzene rings is 1. The van der Waals surface area contributed by atoms with Gasteiger partial charge in [0.25, 0.3) is 0 Å². The van der Waals surface area contributed by atoms with E-state index in [-0.39, 0.29) is 49.6 Å². The van der Waals surface area contributed by atoms with Crippen LogP contribution in [0, 0.1) is 23.7 Å². The molecule has 3 aliphatic heterocycles. The maximum absolute atomic E-state index is 14.5. The number of hydrogen-bond donors (Lipinski definition) is 7. The smallest absolute Gasteiger partial charge is 0.311 e. The van der Waals surface area contributed by atoms with Crippen molar-refractivity contribution in [1.82, 2.24) is 14.9 Å². The lowest BCUT2D eigenvalue weighted by Crippen LogP contribution is -2.70. The number of likely N-dealkylation sites (N-methyl/N-ethyl adjacent to an activating group) is 1. The van der Waals surface area contributed by atoms with Crippen molar-refractivity contribution in [2.45, 2.75) is 210 Å². The van der Waals surface area contributed by atoms with Gasteiger partial charge >= 0.3 is 5.97 Å². The van der Waals surface area contributed by atoms with Crippen molar-refractivity contribution in [1.29, 1.82) is 0 Å². The fourth-order valence-corrected chi connectivity index (χ4v) is 11.7. The Morgan fingerprint density at radius 1 is 0.985 bits per heavy atom. The number of aliphatic hydroxyl groups is 5. The van der Waals surface area contributed by atoms with Gasteiger partial charge in [-0.25, -0.2) is 8.42 Å². The number of sulfonamides is 1. The molecule has 17 nitrogen and oxygen atoms in total. The Morgan fingerprint density at radius 2 is 1.61 bits per heavy atom. The van der Waals surface area contributed by atoms with Gasteiger partial charge in [0, 0.05) is 44.1 Å². The summed E-state index contributed by atoms with van der Waals surface area (Å²) in [7, 11) is -1.27. The van der Waals surface area contributed by atoms with Crippen molar-refractivity contribution in [2.24, 2.45) is 23.7 Å². The average molecular weight is 995 g/mol. The minimum Gasteiger partial charge on any atom is -0.459 e. The maximum atomic E-state index is 14.5. The largest absolute Gasteiger partial charge is 0.459 e. The number of nitrogens with zero attached hydrogens (tertiary/aromatic N) is 1. The van der Waals surface area contributed by atoms with Gasteiger partial charge in [-0.1, -0.05) is 46.2 Å². The van der Waals surface area contributed by atoms with E-state index >= 15 is 0 Å². The van der Waals surface area contributed by atoms with Crippen LogP contribution in [0.2, 0.25) is 5.02 Å². The first-order valence-corrected chi connectivity index (χ1v) is 25.9. The van der Waals surface area contributed by atoms with Crippen LogP contribution in [0.1, 0.15) is 115 Å². The highest BCUT2D eigenvalue weighted by Crippen LogP contribution is 2.43. The van der Waals surface area contributed by atoms with E-state index < -0.39 is 118 Å². The third kappa shape index (κ3) is 13.3. The van der Waals surface area contributed by atoms with E-state index in [0.29, 0.717) is 17.5 Å². The number of cyclic esters (lactones) is 1. The van der Waals surface area contributed by atoms with Crippen molar-refractivity contribution < 1.29 is 67.2 Å². The molecule has 18 atom stereocenters. The molecule has 19 heteroatoms. The average Bonchev–Trinajstić information content (AvgIpc) is 3.25. The molecule has 0 spiro atoms. The third-order valence-corrected chi connectivity index (χ3v) is 16.9. The Balaban J connectivity index is 1.81. The van der Waals surface area contributed by atoms with E-state index in [1.165, 1.54) is 45.3 Å². The Kier molecular flexibility index (Phi) is 20.2. The number of aliphatic hydroxyl groups excluding tert-OH is 2. The quantitative estimate of drug-likeness (QED) is 0.103. The molecule has 0 amide bonds. The van der Waals surface area contributed by atoms with E-state index in [0.717, 1.165) is 10.7 Å². The molecule has 0 saturated carbocycles. The number of methoxy groups -OCH3 is 1. The molecule has 3 heterocycles. The highest BCUT2D eigenvalue weighted by Gasteiger charge is 2.58. The van der Waals surface area contributed by atoms with Gasteiger partial charge in [0.2, 0.25) is 10.0 Å². The lowest BCUT2D eigenvalue weighted by Gasteiger charge is -2.53. The van der Waals surface area contributed by atoms with E-state index in [4.69, 9.17) is 40.0 Å². The van der Waals surface area contributed by atoms with Crippen LogP contribution in [-0.4, -0.2) is 168 Å². The summed E-state index contributed by atoms with van der Waals surface area (Å²) in [5.41, 5.74) is -6.37. The molecular formula is C48H84ClN3O14S. The van der Waals surface area contributed by atoms with E-state index in [9.17, 15) is 38.7 Å². The second kappa shape index (κ2) is 23.3. The Morgan fingerprint density at radius 3 is 2.19 bits per heavy atom. The summed E-state index contributed by atoms with van der Waals surface area (Å²) in [6, 6.07) is 4.01. The van der Waals surface area contributed by atoms with Gasteiger partial charge in [-0.05, 0) is 123 Å². The van der Waals surface area contributed by atoms with Crippen LogP contribution in [0.25, 0.3) is 0 Å². The summed E-state index contributed by atoms with van der Waals surface area (Å²) in [6.45, 7) is 22.3. The minimum atomic E-state index is -4.15. The maximum Gasteiger partial charge on any atom is 0.311 e. The highest BCUT2D eigenvalue weighted by atomic mass is 35.5. The van der Waals surface area contributed by atoms with Gasteiger partial charge in [0.15, 0.2) is 12.6 Å². The molecule has 4 rings (SSSR count). The summed E-state index contributed by atoms with van der Waals surface area (Å²) in [6.07, 6.45) is -9.34. The number of nitrogens with one attached hydrogen (secondary N) is 2. The number of carbonyl (C=O) groups excluding carboxylic acids is 1. The first-order chi connectivity index (χ1) is 31.0. The Bertz CT molecular complexity index is 1850. The SMILES string of the molecule is CC[C@H]1OC(=O)[C@H](C)[C@@H](O[C@H]2C[C@@](C)(OC)[C@](O)(CNCCC(C)C)[C@H](C)O2)[C@H](C)[C@@H](O[C@@H]2O[C@H](C)C[C@H](N(C)S(=O)(=O)c3ccc(Cl)cc3)[C@H]2O)[C@](C)(O)C[C@@H](C)CN[C@H](C)[C@@H](O)[C@]1(C)O. The van der Waals surface area contributed by atoms with E-state index in [2.05, 4.69) is 24.5 Å². The summed E-state index contributed by atoms with van der Waals surface area (Å²) in [4.78, 5) is 14.5. The topological polar surface area (TPSA) is 235 Å². The molecule has 0 radical (unpaired) electrons. The van der Waals surface area contributed by atoms with E-state index in [1.807, 2.05) is 6.92 Å². The number of esters is 1. The van der Waals surface area contributed by atoms with Crippen molar-refractivity contribution in [3.63, 3.8) is 0 Å². The molecule has 388 valence electrons. The third-order valence-electron chi connectivity index (χ3n) is 14.8. The molecule has 1 aromatic carbocycles. The standard InChI is InChI=1S/C48H84ClN3O14S/c1-15-37-47(12,57)41(54)32(8)51-25-28(4)23-45(10,56)42(66-44-39(53)36(22-29(5)62-44)52(13)67(59,60)35-18-16-34(49)17-19-35)30(6)40(31(7)43(55)64-37)65-38-24-46(11,61-14)48(58,33(9)63-38)26-50-21-20-27(2)3/h16-19,27-33,36-42,44,50-51,53-54,56-58H,15,20-26H2,1-14H3/t28-,29-,30+,31-,32-,33+,36+,37-,38+,39-,40+,41-,42-,44+,45-,46-,47-,48+/m1/s1. The molecule has 0 aliphatic carbocycles. The number of carbonyl (C=O) groups is 1. The fourth-order valence-electron chi connectivity index (χ4n) is 10.2. The summed E-state index contributed by atoms with van der Waals surface area (Å²) in [5, 5.41) is 67.3. The predicted octanol–water partition coefficient (Wildman–Crippen LogP) is 3.98. The fraction of sp³-hybridized carbons (Fsp3) is 0.854. The van der Waals surface area contributed by atoms with Crippen molar-refractivity contribution in [3.8, 4) is 0 Å². The first-order valence-electron chi connectivity index (χ1n) is 24.1. The highest BCUT2D eigenvalue weighted by molar-refractivity contribution is 7.89. The number of hydrogen-bond acceptors (Lipinski definition) is 16. The molecule has 7 N–H and O–H groups in total. The molecule has 67 heavy (non-hydrogen) atoms. The molecule has 0 bridgehead atoms. The molecular weight excluding hydrogens is 910 g/mol. The van der Waals surface area contributed by atoms with Crippen molar-refractivity contribution in [3.05, 3.63) is 29.3 Å². The molecule has 3 fully saturated rings. The summed E-state index contributed by atoms with van der Waals surface area (Å²) >= 11 is 6.07. The van der Waals surface area contributed by atoms with Crippen LogP contribution in [0.5, 0.6) is 0 Å². The van der Waals surface area contributed by atoms with Crippen LogP contribution in [0.4, 0.5) is 0 Å². The molecule has 1 aromatic rings. The van der Waals surface area contributed by atoms with Crippen LogP contribution in [-0.2, 0) is 43.2 Å². The second-order valence-corrected chi connectivity index (χ2v) is 23.3. The zero-order valence-corrected chi connectivity index (χ0v) is 43.8. The predicted molar refractivity (Wildman–Crippen MR) is 254 cm³/mol. The van der Waals surface area contributed by atoms with Crippen LogP contribution in [0.3, 0.4) is 0 Å². The zero-order valence-electron chi connectivity index (χ0n) is 42.3. The second-order valence-electron chi connectivity index (χ2n) is 20.9. The van der Waals surface area contributed by atoms with Gasteiger partial charge < -0.3 is 64.6 Å². The van der Waals surface area contributed by atoms with Gasteiger partial charge in [0.1, 0.15) is 35.1 Å². The van der Waals surface area contributed by atoms with Crippen molar-refractivity contribution >= 4 is 27.6 Å². The molecule has 3 aliphatic rings. The zero-order chi connectivity index (χ0) is 50.6. The lowest BCUT2D eigenvalue weighted by atomic mass is 9.75. The minimum absolute atomic E-state index is 0.0141. The van der Waals surface area contributed by atoms with Crippen LogP contribution < -0.4 is 10.6 Å². The van der Waals surface area contributed by atoms with Gasteiger partial charge in [-0.15, -0.1) is 0 Å². The molecule has 3 saturated heterocycles. The van der Waals surface area contributed by atoms with Gasteiger partial charge in [-0.3, -0.25) is 4.79 Å². The number of halogens is 1. The lowest BCUT2D eigenvalue weighted by molar-refractivity contribution is -0.336. The number of rotatable bonds is 14. The Labute approximate surface area is 404 Å². The normalized spacial score (nSPS) is 42.3. The molecule has 0 unspecified atom stereocenters. The van der Waals surface area contributed by atoms with Gasteiger partial charge in [0.05, 0.1) is 46.9 Å². The van der Waals surface area contributed by atoms with Crippen LogP contribution >= 0.6 is 11.6 Å². The van der Waals surface area contributed by atoms with Crippen LogP contribution in [0.15, 0.2) is 29.2 Å². The van der Waals surface area contributed by atoms with Crippen molar-refractivity contribution in [2.75, 3.05) is 33.8 Å². The molecule has 0 aromatic heterocycles. The Hall–Kier alpha value is -1.59. The van der Waals surface area contributed by atoms with Gasteiger partial charge in [-0.2, -0.15) is 4.31 Å². The number of ether oxygens (including phenoxy) is 6. The van der Waals surface area contributed by atoms with E-state index in [1.54, 1.807) is 55.4 Å². The summed E-state index contributed by atoms with van der Waals surface area (Å²) in [5.74, 6) is -2.71. The summed E-state index contributed by atoms with van der Waals surface area (Å²) < 4.78 is 67.5. The first kappa shape index (κ1) is 58.0.